The first-order valence-corrected chi connectivity index (χ1v) is 15.2. The molecular formula is C33H60O4. The molecule has 37 heavy (non-hydrogen) atoms. The van der Waals surface area contributed by atoms with Crippen LogP contribution in [0.3, 0.4) is 0 Å². The second kappa shape index (κ2) is 34.2. The molecule has 0 aliphatic carbocycles. The van der Waals surface area contributed by atoms with Crippen molar-refractivity contribution in [2.24, 2.45) is 0 Å². The van der Waals surface area contributed by atoms with Crippen LogP contribution in [0, 0.1) is 0 Å². The summed E-state index contributed by atoms with van der Waals surface area (Å²) in [6, 6.07) is 0. The Morgan fingerprint density at radius 3 is 1.49 bits per heavy atom. The number of hydrogen-bond donors (Lipinski definition) is 0. The van der Waals surface area contributed by atoms with Crippen molar-refractivity contribution in [3.05, 3.63) is 36.5 Å². The number of ether oxygens (including phenoxy) is 2. The van der Waals surface area contributed by atoms with Crippen molar-refractivity contribution >= 4 is 11.9 Å². The summed E-state index contributed by atoms with van der Waals surface area (Å²) in [6.45, 7) is 8.23. The Labute approximate surface area is 230 Å². The number of rotatable bonds is 24. The highest BCUT2D eigenvalue weighted by molar-refractivity contribution is 5.66. The fourth-order valence-corrected chi connectivity index (χ4v) is 3.82. The van der Waals surface area contributed by atoms with Gasteiger partial charge in [0.05, 0.1) is 6.61 Å². The molecule has 0 spiro atoms. The van der Waals surface area contributed by atoms with E-state index in [9.17, 15) is 9.59 Å². The van der Waals surface area contributed by atoms with E-state index in [0.717, 1.165) is 19.3 Å². The van der Waals surface area contributed by atoms with Crippen LogP contribution in [-0.2, 0) is 19.1 Å². The van der Waals surface area contributed by atoms with Gasteiger partial charge in [-0.3, -0.25) is 9.59 Å². The van der Waals surface area contributed by atoms with E-state index < -0.39 is 0 Å². The second-order valence-corrected chi connectivity index (χ2v) is 9.77. The number of carbonyl (C=O) groups is 2. The molecular weight excluding hydrogens is 460 g/mol. The Kier molecular flexibility index (Phi) is 34.4. The van der Waals surface area contributed by atoms with Crippen LogP contribution in [0.1, 0.15) is 150 Å². The SMILES string of the molecule is C/C=C/C/C=C\CCCCCCCCCCOC(C)=O.CCCCCCCCCC/C=C/COC(C)=O. The zero-order chi connectivity index (χ0) is 27.7. The minimum atomic E-state index is -0.207. The highest BCUT2D eigenvalue weighted by Crippen LogP contribution is 2.11. The lowest BCUT2D eigenvalue weighted by atomic mass is 10.1. The third-order valence-electron chi connectivity index (χ3n) is 6.02. The van der Waals surface area contributed by atoms with Gasteiger partial charge in [-0.15, -0.1) is 0 Å². The van der Waals surface area contributed by atoms with Gasteiger partial charge in [-0.2, -0.15) is 0 Å². The topological polar surface area (TPSA) is 52.6 Å². The monoisotopic (exact) mass is 520 g/mol. The predicted molar refractivity (Wildman–Crippen MR) is 160 cm³/mol. The summed E-state index contributed by atoms with van der Waals surface area (Å²) < 4.78 is 9.70. The van der Waals surface area contributed by atoms with Gasteiger partial charge in [0.25, 0.3) is 0 Å². The molecule has 0 aromatic rings. The Morgan fingerprint density at radius 1 is 0.541 bits per heavy atom. The third-order valence-corrected chi connectivity index (χ3v) is 6.02. The fraction of sp³-hybridized carbons (Fsp3) is 0.758. The Morgan fingerprint density at radius 2 is 1.00 bits per heavy atom. The summed E-state index contributed by atoms with van der Waals surface area (Å²) in [5.74, 6) is -0.369. The van der Waals surface area contributed by atoms with Crippen molar-refractivity contribution in [2.75, 3.05) is 13.2 Å². The Bertz CT molecular complexity index is 563. The average Bonchev–Trinajstić information content (AvgIpc) is 2.87. The molecule has 0 N–H and O–H groups in total. The maximum atomic E-state index is 10.5. The zero-order valence-electron chi connectivity index (χ0n) is 24.9. The molecule has 216 valence electrons. The van der Waals surface area contributed by atoms with E-state index in [1.807, 2.05) is 6.08 Å². The normalized spacial score (nSPS) is 11.2. The van der Waals surface area contributed by atoms with Crippen molar-refractivity contribution in [3.63, 3.8) is 0 Å². The van der Waals surface area contributed by atoms with Crippen LogP contribution in [0.5, 0.6) is 0 Å². The molecule has 0 saturated heterocycles. The smallest absolute Gasteiger partial charge is 0.302 e. The fourth-order valence-electron chi connectivity index (χ4n) is 3.82. The van der Waals surface area contributed by atoms with E-state index in [1.165, 1.54) is 117 Å². The van der Waals surface area contributed by atoms with Gasteiger partial charge in [0.2, 0.25) is 0 Å². The van der Waals surface area contributed by atoms with E-state index in [4.69, 9.17) is 9.47 Å². The number of esters is 2. The van der Waals surface area contributed by atoms with Gasteiger partial charge in [-0.25, -0.2) is 0 Å². The maximum absolute atomic E-state index is 10.5. The molecule has 0 unspecified atom stereocenters. The molecule has 0 aromatic heterocycles. The van der Waals surface area contributed by atoms with Gasteiger partial charge >= 0.3 is 11.9 Å². The molecule has 0 rings (SSSR count). The van der Waals surface area contributed by atoms with Gasteiger partial charge in [0.15, 0.2) is 0 Å². The molecule has 0 saturated carbocycles. The second-order valence-electron chi connectivity index (χ2n) is 9.77. The molecule has 0 amide bonds. The summed E-state index contributed by atoms with van der Waals surface area (Å²) >= 11 is 0. The first-order valence-electron chi connectivity index (χ1n) is 15.2. The number of hydrogen-bond acceptors (Lipinski definition) is 4. The number of allylic oxidation sites excluding steroid dienone is 5. The summed E-state index contributed by atoms with van der Waals surface area (Å²) in [5, 5.41) is 0. The highest BCUT2D eigenvalue weighted by atomic mass is 16.5. The largest absolute Gasteiger partial charge is 0.466 e. The maximum Gasteiger partial charge on any atom is 0.302 e. The molecule has 0 bridgehead atoms. The molecule has 0 aliphatic rings. The Hall–Kier alpha value is -1.84. The summed E-state index contributed by atoms with van der Waals surface area (Å²) in [7, 11) is 0. The molecule has 0 aromatic carbocycles. The molecule has 0 radical (unpaired) electrons. The molecule has 0 atom stereocenters. The zero-order valence-corrected chi connectivity index (χ0v) is 24.9. The van der Waals surface area contributed by atoms with E-state index in [2.05, 4.69) is 44.2 Å². The van der Waals surface area contributed by atoms with Crippen LogP contribution in [0.4, 0.5) is 0 Å². The first kappa shape index (κ1) is 37.3. The third kappa shape index (κ3) is 41.6. The lowest BCUT2D eigenvalue weighted by molar-refractivity contribution is -0.141. The average molecular weight is 521 g/mol. The number of unbranched alkanes of at least 4 members (excludes halogenated alkanes) is 16. The van der Waals surface area contributed by atoms with Crippen LogP contribution in [0.2, 0.25) is 0 Å². The molecule has 4 heteroatoms. The minimum absolute atomic E-state index is 0.162. The van der Waals surface area contributed by atoms with Gasteiger partial charge in [0.1, 0.15) is 6.61 Å². The lowest BCUT2D eigenvalue weighted by Gasteiger charge is -2.02. The van der Waals surface area contributed by atoms with Crippen molar-refractivity contribution in [1.82, 2.24) is 0 Å². The quantitative estimate of drug-likeness (QED) is 0.0721. The van der Waals surface area contributed by atoms with Crippen LogP contribution < -0.4 is 0 Å². The van der Waals surface area contributed by atoms with Crippen molar-refractivity contribution < 1.29 is 19.1 Å². The predicted octanol–water partition coefficient (Wildman–Crippen LogP) is 10.2. The van der Waals surface area contributed by atoms with E-state index >= 15 is 0 Å². The lowest BCUT2D eigenvalue weighted by Crippen LogP contribution is -2.00. The summed E-state index contributed by atoms with van der Waals surface area (Å²) in [6.07, 6.45) is 37.3. The van der Waals surface area contributed by atoms with E-state index in [0.29, 0.717) is 13.2 Å². The van der Waals surface area contributed by atoms with Gasteiger partial charge in [0, 0.05) is 13.8 Å². The van der Waals surface area contributed by atoms with Gasteiger partial charge < -0.3 is 9.47 Å². The van der Waals surface area contributed by atoms with E-state index in [1.54, 1.807) is 0 Å². The van der Waals surface area contributed by atoms with E-state index in [-0.39, 0.29) is 11.9 Å². The van der Waals surface area contributed by atoms with Crippen LogP contribution in [-0.4, -0.2) is 25.2 Å². The van der Waals surface area contributed by atoms with Gasteiger partial charge in [-0.05, 0) is 45.4 Å². The number of carbonyl (C=O) groups excluding carboxylic acids is 2. The van der Waals surface area contributed by atoms with Crippen LogP contribution in [0.25, 0.3) is 0 Å². The van der Waals surface area contributed by atoms with Crippen molar-refractivity contribution in [3.8, 4) is 0 Å². The first-order chi connectivity index (χ1) is 18.0. The van der Waals surface area contributed by atoms with Crippen LogP contribution in [0.15, 0.2) is 36.5 Å². The Balaban J connectivity index is 0. The van der Waals surface area contributed by atoms with Crippen molar-refractivity contribution in [1.29, 1.82) is 0 Å². The highest BCUT2D eigenvalue weighted by Gasteiger charge is 1.94. The summed E-state index contributed by atoms with van der Waals surface area (Å²) in [5.41, 5.74) is 0. The molecule has 0 aliphatic heterocycles. The van der Waals surface area contributed by atoms with Crippen molar-refractivity contribution in [2.45, 2.75) is 150 Å². The molecule has 4 nitrogen and oxygen atoms in total. The molecule has 0 fully saturated rings. The summed E-state index contributed by atoms with van der Waals surface area (Å²) in [4.78, 5) is 21.0. The van der Waals surface area contributed by atoms with Gasteiger partial charge in [-0.1, -0.05) is 127 Å². The minimum Gasteiger partial charge on any atom is -0.466 e. The molecule has 0 heterocycles. The van der Waals surface area contributed by atoms with Crippen LogP contribution >= 0.6 is 0 Å². The standard InChI is InChI=1S/C18H32O2.C15H28O2/c1-3-4-5-6-7-8-9-10-11-12-13-14-15-16-17-20-18(2)19;1-3-4-5-6-7-8-9-10-11-12-13-14-17-15(2)16/h3-4,6-7H,5,8-17H2,1-2H3;12-13H,3-11,14H2,1-2H3/b4-3+,7-6-;13-12+.